The van der Waals surface area contributed by atoms with Gasteiger partial charge in [-0.15, -0.1) is 0 Å². The zero-order valence-electron chi connectivity index (χ0n) is 14.7. The van der Waals surface area contributed by atoms with Crippen molar-refractivity contribution in [1.29, 1.82) is 0 Å². The number of carbonyl (C=O) groups excluding carboxylic acids is 1. The molecule has 0 aliphatic rings. The molecular weight excluding hydrogens is 399 g/mol. The van der Waals surface area contributed by atoms with Crippen molar-refractivity contribution >= 4 is 35.0 Å². The highest BCUT2D eigenvalue weighted by Gasteiger charge is 2.31. The molecule has 1 amide bonds. The lowest BCUT2D eigenvalue weighted by atomic mass is 10.1. The smallest absolute Gasteiger partial charge is 0.416 e. The molecule has 0 saturated carbocycles. The van der Waals surface area contributed by atoms with Crippen LogP contribution in [-0.4, -0.2) is 42.0 Å². The largest absolute Gasteiger partial charge is 0.489 e. The lowest BCUT2D eigenvalue weighted by Gasteiger charge is -2.15. The van der Waals surface area contributed by atoms with Crippen LogP contribution < -0.4 is 21.5 Å². The van der Waals surface area contributed by atoms with Crippen molar-refractivity contribution in [3.8, 4) is 5.75 Å². The average Bonchev–Trinajstić information content (AvgIpc) is 2.59. The fourth-order valence-corrected chi connectivity index (χ4v) is 2.68. The summed E-state index contributed by atoms with van der Waals surface area (Å²) in [6.07, 6.45) is -4.56. The van der Waals surface area contributed by atoms with Crippen molar-refractivity contribution in [2.24, 2.45) is 0 Å². The predicted molar refractivity (Wildman–Crippen MR) is 99.0 cm³/mol. The quantitative estimate of drug-likeness (QED) is 0.340. The fraction of sp³-hybridized carbons (Fsp3) is 0.312. The minimum atomic E-state index is -4.56. The number of ether oxygens (including phenoxy) is 2. The Bertz CT molecular complexity index is 815. The topological polar surface area (TPSA) is 125 Å². The maximum absolute atomic E-state index is 13.0. The summed E-state index contributed by atoms with van der Waals surface area (Å²) in [5.41, 5.74) is 10.1. The number of nitrogen functional groups attached to an aromatic ring is 2. The van der Waals surface area contributed by atoms with Crippen LogP contribution in [0.25, 0.3) is 0 Å². The van der Waals surface area contributed by atoms with E-state index in [4.69, 9.17) is 20.9 Å². The highest BCUT2D eigenvalue weighted by atomic mass is 32.2. The second kappa shape index (κ2) is 9.46. The Hall–Kier alpha value is -2.73. The number of aromatic nitrogens is 2. The zero-order chi connectivity index (χ0) is 20.7. The number of thioether (sulfide) groups is 1. The SMILES string of the molecule is COCCOc1ccc(C(F)(F)F)cc1NC(=O)CSc1nc(N)cc(N)n1. The molecule has 2 rings (SSSR count). The van der Waals surface area contributed by atoms with E-state index < -0.39 is 17.6 Å². The third-order valence-corrected chi connectivity index (χ3v) is 4.05. The highest BCUT2D eigenvalue weighted by molar-refractivity contribution is 7.99. The normalized spacial score (nSPS) is 11.3. The van der Waals surface area contributed by atoms with Gasteiger partial charge in [-0.25, -0.2) is 9.97 Å². The molecule has 0 bridgehead atoms. The number of anilines is 3. The molecular formula is C16H18F3N5O3S. The molecule has 5 N–H and O–H groups in total. The van der Waals surface area contributed by atoms with Gasteiger partial charge in [-0.1, -0.05) is 11.8 Å². The van der Waals surface area contributed by atoms with Crippen molar-refractivity contribution in [3.05, 3.63) is 29.8 Å². The van der Waals surface area contributed by atoms with Crippen LogP contribution in [0.3, 0.4) is 0 Å². The van der Waals surface area contributed by atoms with Gasteiger partial charge in [0.15, 0.2) is 5.16 Å². The Morgan fingerprint density at radius 3 is 2.46 bits per heavy atom. The van der Waals surface area contributed by atoms with Crippen molar-refractivity contribution in [2.45, 2.75) is 11.3 Å². The number of nitrogens with two attached hydrogens (primary N) is 2. The van der Waals surface area contributed by atoms with E-state index in [1.54, 1.807) is 0 Å². The van der Waals surface area contributed by atoms with E-state index in [1.165, 1.54) is 13.2 Å². The second-order valence-electron chi connectivity index (χ2n) is 5.39. The molecule has 1 heterocycles. The summed E-state index contributed by atoms with van der Waals surface area (Å²) < 4.78 is 49.1. The molecule has 0 aliphatic heterocycles. The highest BCUT2D eigenvalue weighted by Crippen LogP contribution is 2.35. The first-order valence-electron chi connectivity index (χ1n) is 7.84. The standard InChI is InChI=1S/C16H18F3N5O3S/c1-26-4-5-27-11-3-2-9(16(17,18)19)6-10(11)22-14(25)8-28-15-23-12(20)7-13(21)24-15/h2-3,6-7H,4-5,8H2,1H3,(H,22,25)(H4,20,21,23,24). The summed E-state index contributed by atoms with van der Waals surface area (Å²) in [5, 5.41) is 2.58. The summed E-state index contributed by atoms with van der Waals surface area (Å²) in [5.74, 6) is -0.376. The van der Waals surface area contributed by atoms with E-state index in [-0.39, 0.29) is 47.2 Å². The molecule has 0 aliphatic carbocycles. The molecule has 2 aromatic rings. The molecule has 1 aromatic carbocycles. The molecule has 0 atom stereocenters. The molecule has 0 spiro atoms. The second-order valence-corrected chi connectivity index (χ2v) is 6.33. The van der Waals surface area contributed by atoms with Gasteiger partial charge in [-0.2, -0.15) is 13.2 Å². The van der Waals surface area contributed by atoms with Crippen LogP contribution in [0.1, 0.15) is 5.56 Å². The Labute approximate surface area is 162 Å². The van der Waals surface area contributed by atoms with Crippen molar-refractivity contribution < 1.29 is 27.4 Å². The number of methoxy groups -OCH3 is 1. The van der Waals surface area contributed by atoms with Crippen LogP contribution in [0, 0.1) is 0 Å². The Balaban J connectivity index is 2.11. The van der Waals surface area contributed by atoms with Gasteiger partial charge in [0, 0.05) is 13.2 Å². The van der Waals surface area contributed by atoms with E-state index >= 15 is 0 Å². The number of hydrogen-bond donors (Lipinski definition) is 3. The maximum Gasteiger partial charge on any atom is 0.416 e. The van der Waals surface area contributed by atoms with Crippen molar-refractivity contribution in [3.63, 3.8) is 0 Å². The number of rotatable bonds is 8. The van der Waals surface area contributed by atoms with E-state index in [1.807, 2.05) is 0 Å². The van der Waals surface area contributed by atoms with E-state index in [9.17, 15) is 18.0 Å². The minimum absolute atomic E-state index is 0.0906. The first-order valence-corrected chi connectivity index (χ1v) is 8.83. The van der Waals surface area contributed by atoms with Crippen LogP contribution in [0.15, 0.2) is 29.4 Å². The summed E-state index contributed by atoms with van der Waals surface area (Å²) in [7, 11) is 1.46. The first kappa shape index (κ1) is 21.6. The minimum Gasteiger partial charge on any atom is -0.489 e. The van der Waals surface area contributed by atoms with Crippen LogP contribution >= 0.6 is 11.8 Å². The number of carbonyl (C=O) groups is 1. The maximum atomic E-state index is 13.0. The van der Waals surface area contributed by atoms with Gasteiger partial charge in [0.25, 0.3) is 0 Å². The molecule has 12 heteroatoms. The van der Waals surface area contributed by atoms with Gasteiger partial charge in [0.05, 0.1) is 23.6 Å². The Morgan fingerprint density at radius 1 is 1.18 bits per heavy atom. The van der Waals surface area contributed by atoms with Gasteiger partial charge in [-0.05, 0) is 18.2 Å². The average molecular weight is 417 g/mol. The molecule has 0 radical (unpaired) electrons. The third kappa shape index (κ3) is 6.46. The molecule has 0 unspecified atom stereocenters. The predicted octanol–water partition coefficient (Wildman–Crippen LogP) is 2.42. The summed E-state index contributed by atoms with van der Waals surface area (Å²) in [4.78, 5) is 20.0. The number of benzene rings is 1. The summed E-state index contributed by atoms with van der Waals surface area (Å²) >= 11 is 0.936. The van der Waals surface area contributed by atoms with Gasteiger partial charge < -0.3 is 26.3 Å². The molecule has 28 heavy (non-hydrogen) atoms. The monoisotopic (exact) mass is 417 g/mol. The van der Waals surface area contributed by atoms with E-state index in [0.29, 0.717) is 0 Å². The van der Waals surface area contributed by atoms with Gasteiger partial charge in [-0.3, -0.25) is 4.79 Å². The van der Waals surface area contributed by atoms with Gasteiger partial charge >= 0.3 is 6.18 Å². The molecule has 0 saturated heterocycles. The van der Waals surface area contributed by atoms with Crippen LogP contribution in [0.2, 0.25) is 0 Å². The summed E-state index contributed by atoms with van der Waals surface area (Å²) in [6, 6.07) is 4.18. The number of amides is 1. The van der Waals surface area contributed by atoms with Gasteiger partial charge in [0.2, 0.25) is 5.91 Å². The van der Waals surface area contributed by atoms with E-state index in [2.05, 4.69) is 15.3 Å². The molecule has 0 fully saturated rings. The van der Waals surface area contributed by atoms with Crippen LogP contribution in [0.4, 0.5) is 30.5 Å². The zero-order valence-corrected chi connectivity index (χ0v) is 15.6. The van der Waals surface area contributed by atoms with Gasteiger partial charge in [0.1, 0.15) is 24.0 Å². The number of nitrogens with zero attached hydrogens (tertiary/aromatic N) is 2. The molecule has 1 aromatic heterocycles. The van der Waals surface area contributed by atoms with Crippen molar-refractivity contribution in [2.75, 3.05) is 42.9 Å². The van der Waals surface area contributed by atoms with E-state index in [0.717, 1.165) is 30.0 Å². The van der Waals surface area contributed by atoms with Crippen LogP contribution in [-0.2, 0) is 15.7 Å². The molecule has 8 nitrogen and oxygen atoms in total. The summed E-state index contributed by atoms with van der Waals surface area (Å²) in [6.45, 7) is 0.342. The third-order valence-electron chi connectivity index (χ3n) is 3.20. The number of nitrogens with one attached hydrogen (secondary N) is 1. The lowest BCUT2D eigenvalue weighted by Crippen LogP contribution is -2.17. The van der Waals surface area contributed by atoms with Crippen molar-refractivity contribution in [1.82, 2.24) is 9.97 Å². The van der Waals surface area contributed by atoms with Crippen LogP contribution in [0.5, 0.6) is 5.75 Å². The Kier molecular flexibility index (Phi) is 7.29. The fourth-order valence-electron chi connectivity index (χ4n) is 2.01. The number of alkyl halides is 3. The lowest BCUT2D eigenvalue weighted by molar-refractivity contribution is -0.137. The first-order chi connectivity index (χ1) is 13.2. The number of halogens is 3. The Morgan fingerprint density at radius 2 is 1.86 bits per heavy atom. The number of hydrogen-bond acceptors (Lipinski definition) is 8. The molecule has 152 valence electrons.